The van der Waals surface area contributed by atoms with Gasteiger partial charge in [-0.1, -0.05) is 12.1 Å². The molecule has 17 heavy (non-hydrogen) atoms. The highest BCUT2D eigenvalue weighted by atomic mass is 127. The largest absolute Gasteiger partial charge is 0.465 e. The van der Waals surface area contributed by atoms with Crippen LogP contribution < -0.4 is 5.73 Å². The van der Waals surface area contributed by atoms with Crippen molar-refractivity contribution in [2.24, 2.45) is 0 Å². The molecule has 2 rings (SSSR count). The van der Waals surface area contributed by atoms with E-state index in [2.05, 4.69) is 27.3 Å². The minimum absolute atomic E-state index is 0.385. The second-order valence-corrected chi connectivity index (χ2v) is 5.69. The number of ether oxygens (including phenoxy) is 1. The third-order valence-corrected chi connectivity index (χ3v) is 4.09. The van der Waals surface area contributed by atoms with Crippen molar-refractivity contribution < 1.29 is 9.53 Å². The molecule has 0 saturated heterocycles. The van der Waals surface area contributed by atoms with Crippen molar-refractivity contribution in [3.05, 3.63) is 38.8 Å². The van der Waals surface area contributed by atoms with E-state index in [1.165, 1.54) is 18.4 Å². The van der Waals surface area contributed by atoms with Gasteiger partial charge in [-0.25, -0.2) is 4.79 Å². The van der Waals surface area contributed by atoms with Crippen LogP contribution >= 0.6 is 33.9 Å². The summed E-state index contributed by atoms with van der Waals surface area (Å²) in [5.74, 6) is -0.385. The zero-order valence-electron chi connectivity index (χ0n) is 9.07. The van der Waals surface area contributed by atoms with Crippen LogP contribution in [0.3, 0.4) is 0 Å². The lowest BCUT2D eigenvalue weighted by atomic mass is 10.2. The van der Waals surface area contributed by atoms with Gasteiger partial charge in [0.1, 0.15) is 4.88 Å². The SMILES string of the molecule is COC(=O)c1sc(-c2cccc(I)c2)cc1N. The molecule has 2 N–H and O–H groups in total. The number of nitrogens with two attached hydrogens (primary N) is 1. The van der Waals surface area contributed by atoms with Crippen molar-refractivity contribution >= 4 is 45.6 Å². The Morgan fingerprint density at radius 2 is 2.18 bits per heavy atom. The fourth-order valence-corrected chi connectivity index (χ4v) is 2.98. The molecule has 0 amide bonds. The van der Waals surface area contributed by atoms with Crippen molar-refractivity contribution in [2.75, 3.05) is 12.8 Å². The van der Waals surface area contributed by atoms with E-state index >= 15 is 0 Å². The summed E-state index contributed by atoms with van der Waals surface area (Å²) in [5.41, 5.74) is 7.33. The predicted molar refractivity (Wildman–Crippen MR) is 78.2 cm³/mol. The third kappa shape index (κ3) is 2.61. The maximum absolute atomic E-state index is 11.5. The number of rotatable bonds is 2. The summed E-state index contributed by atoms with van der Waals surface area (Å²) in [7, 11) is 1.35. The molecule has 0 unspecified atom stereocenters. The van der Waals surface area contributed by atoms with E-state index in [1.54, 1.807) is 0 Å². The Labute approximate surface area is 117 Å². The average molecular weight is 359 g/mol. The lowest BCUT2D eigenvalue weighted by Gasteiger charge is -1.97. The fraction of sp³-hybridized carbons (Fsp3) is 0.0833. The highest BCUT2D eigenvalue weighted by molar-refractivity contribution is 14.1. The number of hydrogen-bond acceptors (Lipinski definition) is 4. The first-order valence-corrected chi connectivity index (χ1v) is 6.75. The van der Waals surface area contributed by atoms with Crippen molar-refractivity contribution in [1.29, 1.82) is 0 Å². The van der Waals surface area contributed by atoms with Crippen LogP contribution in [-0.4, -0.2) is 13.1 Å². The summed E-state index contributed by atoms with van der Waals surface area (Å²) in [4.78, 5) is 12.9. The van der Waals surface area contributed by atoms with Gasteiger partial charge in [-0.15, -0.1) is 11.3 Å². The second kappa shape index (κ2) is 5.05. The summed E-state index contributed by atoms with van der Waals surface area (Å²) >= 11 is 3.60. The molecule has 0 aliphatic rings. The van der Waals surface area contributed by atoms with E-state index < -0.39 is 0 Å². The minimum atomic E-state index is -0.385. The number of methoxy groups -OCH3 is 1. The third-order valence-electron chi connectivity index (χ3n) is 2.24. The first-order valence-electron chi connectivity index (χ1n) is 4.85. The molecular weight excluding hydrogens is 349 g/mol. The van der Waals surface area contributed by atoms with E-state index in [4.69, 9.17) is 5.73 Å². The summed E-state index contributed by atoms with van der Waals surface area (Å²) in [6.45, 7) is 0. The lowest BCUT2D eigenvalue weighted by molar-refractivity contribution is 0.0607. The van der Waals surface area contributed by atoms with E-state index in [0.29, 0.717) is 10.6 Å². The van der Waals surface area contributed by atoms with E-state index in [-0.39, 0.29) is 5.97 Å². The number of anilines is 1. The van der Waals surface area contributed by atoms with Gasteiger partial charge in [-0.05, 0) is 46.4 Å². The van der Waals surface area contributed by atoms with Crippen molar-refractivity contribution in [3.63, 3.8) is 0 Å². The predicted octanol–water partition coefficient (Wildman–Crippen LogP) is 3.39. The van der Waals surface area contributed by atoms with Crippen LogP contribution in [0, 0.1) is 3.57 Å². The van der Waals surface area contributed by atoms with Gasteiger partial charge in [-0.3, -0.25) is 0 Å². The Hall–Kier alpha value is -1.08. The Bertz CT molecular complexity index is 565. The van der Waals surface area contributed by atoms with Crippen LogP contribution in [0.15, 0.2) is 30.3 Å². The molecule has 2 aromatic rings. The summed E-state index contributed by atoms with van der Waals surface area (Å²) in [5, 5.41) is 0. The van der Waals surface area contributed by atoms with E-state index in [0.717, 1.165) is 14.0 Å². The smallest absolute Gasteiger partial charge is 0.350 e. The molecule has 1 aromatic carbocycles. The average Bonchev–Trinajstić information content (AvgIpc) is 2.70. The molecule has 1 heterocycles. The molecule has 0 aliphatic heterocycles. The summed E-state index contributed by atoms with van der Waals surface area (Å²) in [6, 6.07) is 9.84. The van der Waals surface area contributed by atoms with Crippen LogP contribution in [0.1, 0.15) is 9.67 Å². The van der Waals surface area contributed by atoms with Crippen LogP contribution in [0.4, 0.5) is 5.69 Å². The normalized spacial score (nSPS) is 10.2. The molecule has 0 saturated carbocycles. The van der Waals surface area contributed by atoms with Crippen molar-refractivity contribution in [2.45, 2.75) is 0 Å². The molecule has 3 nitrogen and oxygen atoms in total. The molecule has 1 aromatic heterocycles. The Balaban J connectivity index is 2.44. The number of halogens is 1. The first-order chi connectivity index (χ1) is 8.11. The Kier molecular flexibility index (Phi) is 3.68. The highest BCUT2D eigenvalue weighted by Crippen LogP contribution is 2.34. The molecule has 0 fully saturated rings. The number of benzene rings is 1. The number of carbonyl (C=O) groups excluding carboxylic acids is 1. The summed E-state index contributed by atoms with van der Waals surface area (Å²) < 4.78 is 5.83. The number of esters is 1. The van der Waals surface area contributed by atoms with Gasteiger partial charge < -0.3 is 10.5 Å². The molecule has 0 spiro atoms. The number of hydrogen-bond donors (Lipinski definition) is 1. The molecule has 0 radical (unpaired) electrons. The quantitative estimate of drug-likeness (QED) is 0.661. The van der Waals surface area contributed by atoms with Gasteiger partial charge in [0.05, 0.1) is 12.8 Å². The maximum atomic E-state index is 11.5. The van der Waals surface area contributed by atoms with Crippen LogP contribution in [-0.2, 0) is 4.74 Å². The van der Waals surface area contributed by atoms with E-state index in [1.807, 2.05) is 30.3 Å². The van der Waals surface area contributed by atoms with Crippen molar-refractivity contribution in [1.82, 2.24) is 0 Å². The zero-order valence-corrected chi connectivity index (χ0v) is 12.0. The van der Waals surface area contributed by atoms with Crippen LogP contribution in [0.25, 0.3) is 10.4 Å². The summed E-state index contributed by atoms with van der Waals surface area (Å²) in [6.07, 6.45) is 0. The van der Waals surface area contributed by atoms with E-state index in [9.17, 15) is 4.79 Å². The van der Waals surface area contributed by atoms with Gasteiger partial charge in [0.2, 0.25) is 0 Å². The molecule has 88 valence electrons. The van der Waals surface area contributed by atoms with Gasteiger partial charge in [-0.2, -0.15) is 0 Å². The zero-order chi connectivity index (χ0) is 12.4. The molecule has 0 bridgehead atoms. The lowest BCUT2D eigenvalue weighted by Crippen LogP contribution is -2.00. The van der Waals surface area contributed by atoms with Gasteiger partial charge in [0.25, 0.3) is 0 Å². The standard InChI is InChI=1S/C12H10INO2S/c1-16-12(15)11-9(14)6-10(17-11)7-3-2-4-8(13)5-7/h2-6H,14H2,1H3. The molecule has 5 heteroatoms. The number of nitrogen functional groups attached to an aromatic ring is 1. The maximum Gasteiger partial charge on any atom is 0.350 e. The fourth-order valence-electron chi connectivity index (χ4n) is 1.44. The molecular formula is C12H10INO2S. The highest BCUT2D eigenvalue weighted by Gasteiger charge is 2.15. The monoisotopic (exact) mass is 359 g/mol. The number of thiophene rings is 1. The number of carbonyl (C=O) groups is 1. The van der Waals surface area contributed by atoms with Crippen LogP contribution in [0.5, 0.6) is 0 Å². The van der Waals surface area contributed by atoms with Gasteiger partial charge >= 0.3 is 5.97 Å². The Morgan fingerprint density at radius 3 is 2.82 bits per heavy atom. The topological polar surface area (TPSA) is 52.3 Å². The molecule has 0 atom stereocenters. The minimum Gasteiger partial charge on any atom is -0.465 e. The molecule has 0 aliphatic carbocycles. The first kappa shape index (κ1) is 12.4. The van der Waals surface area contributed by atoms with Gasteiger partial charge in [0, 0.05) is 8.45 Å². The van der Waals surface area contributed by atoms with Crippen molar-refractivity contribution in [3.8, 4) is 10.4 Å². The second-order valence-electron chi connectivity index (χ2n) is 3.40. The van der Waals surface area contributed by atoms with Crippen LogP contribution in [0.2, 0.25) is 0 Å². The van der Waals surface area contributed by atoms with Gasteiger partial charge in [0.15, 0.2) is 0 Å². The Morgan fingerprint density at radius 1 is 1.41 bits per heavy atom.